The Kier molecular flexibility index (Phi) is 5.76. The van der Waals surface area contributed by atoms with Gasteiger partial charge in [0.1, 0.15) is 12.3 Å². The Hall–Kier alpha value is -2.27. The number of methoxy groups -OCH3 is 1. The molecule has 0 fully saturated rings. The van der Waals surface area contributed by atoms with Crippen molar-refractivity contribution in [1.29, 1.82) is 0 Å². The summed E-state index contributed by atoms with van der Waals surface area (Å²) in [6.07, 6.45) is 0. The summed E-state index contributed by atoms with van der Waals surface area (Å²) in [7, 11) is -4.34. The predicted octanol–water partition coefficient (Wildman–Crippen LogP) is 3.09. The van der Waals surface area contributed by atoms with Crippen LogP contribution in [0.4, 0.5) is 18.9 Å². The molecule has 12 heteroatoms. The van der Waals surface area contributed by atoms with Gasteiger partial charge in [-0.2, -0.15) is 18.3 Å². The first-order valence-electron chi connectivity index (χ1n) is 7.37. The molecule has 0 saturated carbocycles. The molecule has 1 heterocycles. The molecular weight excluding hydrogens is 411 g/mol. The molecule has 7 nitrogen and oxygen atoms in total. The van der Waals surface area contributed by atoms with Gasteiger partial charge in [0, 0.05) is 0 Å². The lowest BCUT2D eigenvalue weighted by atomic mass is 10.3. The van der Waals surface area contributed by atoms with E-state index in [2.05, 4.69) is 10.4 Å². The van der Waals surface area contributed by atoms with Crippen LogP contribution in [0.15, 0.2) is 23.1 Å². The Morgan fingerprint density at radius 3 is 2.44 bits per heavy atom. The molecule has 0 atom stereocenters. The average molecular weight is 426 g/mol. The van der Waals surface area contributed by atoms with E-state index >= 15 is 0 Å². The van der Waals surface area contributed by atoms with E-state index in [1.807, 2.05) is 0 Å². The molecule has 2 rings (SSSR count). The Morgan fingerprint density at radius 2 is 1.96 bits per heavy atom. The molecule has 0 bridgehead atoms. The van der Waals surface area contributed by atoms with E-state index in [1.54, 1.807) is 13.8 Å². The van der Waals surface area contributed by atoms with Gasteiger partial charge < -0.3 is 10.1 Å². The number of rotatable bonds is 5. The quantitative estimate of drug-likeness (QED) is 0.795. The Bertz CT molecular complexity index is 987. The van der Waals surface area contributed by atoms with Gasteiger partial charge in [-0.25, -0.2) is 8.42 Å². The van der Waals surface area contributed by atoms with Crippen molar-refractivity contribution in [1.82, 2.24) is 9.78 Å². The number of alkyl halides is 3. The van der Waals surface area contributed by atoms with E-state index < -0.39 is 26.1 Å². The summed E-state index contributed by atoms with van der Waals surface area (Å²) in [4.78, 5) is 11.2. The van der Waals surface area contributed by atoms with Crippen LogP contribution in [0.5, 0.6) is 5.75 Å². The fourth-order valence-corrected chi connectivity index (χ4v) is 3.16. The molecule has 0 aliphatic heterocycles. The number of halogens is 4. The zero-order valence-corrected chi connectivity index (χ0v) is 16.0. The summed E-state index contributed by atoms with van der Waals surface area (Å²) in [6, 6.07) is 2.46. The number of benzene rings is 1. The summed E-state index contributed by atoms with van der Waals surface area (Å²) in [5.41, 5.74) is -4.65. The number of aryl methyl sites for hydroxylation is 1. The third kappa shape index (κ3) is 4.19. The van der Waals surface area contributed by atoms with E-state index in [0.29, 0.717) is 22.5 Å². The van der Waals surface area contributed by atoms with Crippen molar-refractivity contribution in [2.45, 2.75) is 30.8 Å². The molecule has 0 saturated heterocycles. The van der Waals surface area contributed by atoms with Crippen LogP contribution in [0.1, 0.15) is 11.4 Å². The first kappa shape index (κ1) is 21.0. The SMILES string of the molecule is COc1ccc(S(=O)(=O)C(F)(F)F)cc1NC(=O)Cn1nc(C)c(Cl)c1C. The van der Waals surface area contributed by atoms with Crippen molar-refractivity contribution in [3.8, 4) is 5.75 Å². The molecule has 2 aromatic rings. The first-order valence-corrected chi connectivity index (χ1v) is 9.23. The van der Waals surface area contributed by atoms with Crippen molar-refractivity contribution in [2.24, 2.45) is 0 Å². The summed E-state index contributed by atoms with van der Waals surface area (Å²) >= 11 is 6.00. The second kappa shape index (κ2) is 7.39. The number of aromatic nitrogens is 2. The number of hydrogen-bond acceptors (Lipinski definition) is 5. The molecule has 27 heavy (non-hydrogen) atoms. The lowest BCUT2D eigenvalue weighted by Gasteiger charge is -2.14. The van der Waals surface area contributed by atoms with Crippen LogP contribution in [0.3, 0.4) is 0 Å². The van der Waals surface area contributed by atoms with Crippen molar-refractivity contribution in [2.75, 3.05) is 12.4 Å². The van der Waals surface area contributed by atoms with Gasteiger partial charge in [-0.15, -0.1) is 0 Å². The second-order valence-corrected chi connectivity index (χ2v) is 7.82. The van der Waals surface area contributed by atoms with Crippen molar-refractivity contribution in [3.63, 3.8) is 0 Å². The number of sulfone groups is 1. The topological polar surface area (TPSA) is 90.3 Å². The molecule has 0 aliphatic carbocycles. The number of anilines is 1. The van der Waals surface area contributed by atoms with Crippen LogP contribution in [-0.2, 0) is 21.2 Å². The average Bonchev–Trinajstić information content (AvgIpc) is 2.80. The highest BCUT2D eigenvalue weighted by atomic mass is 35.5. The minimum absolute atomic E-state index is 0.00382. The number of ether oxygens (including phenoxy) is 1. The third-order valence-electron chi connectivity index (χ3n) is 3.65. The number of hydrogen-bond donors (Lipinski definition) is 1. The largest absolute Gasteiger partial charge is 0.501 e. The molecule has 0 aliphatic rings. The number of nitrogens with one attached hydrogen (secondary N) is 1. The predicted molar refractivity (Wildman–Crippen MR) is 91.6 cm³/mol. The highest BCUT2D eigenvalue weighted by Gasteiger charge is 2.47. The normalized spacial score (nSPS) is 12.1. The monoisotopic (exact) mass is 425 g/mol. The van der Waals surface area contributed by atoms with Crippen LogP contribution in [-0.4, -0.2) is 36.7 Å². The molecule has 0 unspecified atom stereocenters. The molecular formula is C15H15ClF3N3O4S. The van der Waals surface area contributed by atoms with E-state index in [9.17, 15) is 26.4 Å². The van der Waals surface area contributed by atoms with Gasteiger partial charge in [-0.3, -0.25) is 9.48 Å². The van der Waals surface area contributed by atoms with E-state index in [1.165, 1.54) is 11.8 Å². The fourth-order valence-electron chi connectivity index (χ4n) is 2.24. The number of nitrogens with zero attached hydrogens (tertiary/aromatic N) is 2. The highest BCUT2D eigenvalue weighted by molar-refractivity contribution is 7.92. The molecule has 1 aromatic carbocycles. The Balaban J connectivity index is 2.33. The molecule has 1 aromatic heterocycles. The lowest BCUT2D eigenvalue weighted by Crippen LogP contribution is -2.24. The molecule has 1 amide bonds. The highest BCUT2D eigenvalue weighted by Crippen LogP contribution is 2.34. The van der Waals surface area contributed by atoms with Gasteiger partial charge in [-0.05, 0) is 32.0 Å². The van der Waals surface area contributed by atoms with Crippen LogP contribution in [0.25, 0.3) is 0 Å². The zero-order valence-electron chi connectivity index (χ0n) is 14.4. The number of carbonyl (C=O) groups excluding carboxylic acids is 1. The Morgan fingerprint density at radius 1 is 1.33 bits per heavy atom. The van der Waals surface area contributed by atoms with E-state index in [4.69, 9.17) is 16.3 Å². The summed E-state index contributed by atoms with van der Waals surface area (Å²) < 4.78 is 67.6. The summed E-state index contributed by atoms with van der Waals surface area (Å²) in [5, 5.41) is 6.79. The van der Waals surface area contributed by atoms with Gasteiger partial charge in [0.25, 0.3) is 9.84 Å². The maximum absolute atomic E-state index is 12.7. The van der Waals surface area contributed by atoms with Crippen LogP contribution in [0.2, 0.25) is 5.02 Å². The standard InChI is InChI=1S/C15H15ClF3N3O4S/c1-8-14(16)9(2)22(21-8)7-13(23)20-11-6-10(4-5-12(11)26-3)27(24,25)15(17,18)19/h4-6H,7H2,1-3H3,(H,20,23). The van der Waals surface area contributed by atoms with E-state index in [-0.39, 0.29) is 18.0 Å². The Labute approximate surface area is 158 Å². The minimum atomic E-state index is -5.57. The van der Waals surface area contributed by atoms with Gasteiger partial charge in [0.15, 0.2) is 0 Å². The number of carbonyl (C=O) groups is 1. The smallest absolute Gasteiger partial charge is 0.495 e. The molecule has 0 spiro atoms. The third-order valence-corrected chi connectivity index (χ3v) is 5.68. The zero-order chi connectivity index (χ0) is 20.6. The van der Waals surface area contributed by atoms with Crippen molar-refractivity contribution >= 4 is 33.0 Å². The first-order chi connectivity index (χ1) is 12.4. The van der Waals surface area contributed by atoms with Gasteiger partial charge in [0.05, 0.1) is 34.1 Å². The van der Waals surface area contributed by atoms with Crippen molar-refractivity contribution < 1.29 is 31.1 Å². The lowest BCUT2D eigenvalue weighted by molar-refractivity contribution is -0.117. The van der Waals surface area contributed by atoms with Crippen LogP contribution < -0.4 is 10.1 Å². The second-order valence-electron chi connectivity index (χ2n) is 5.50. The summed E-state index contributed by atoms with van der Waals surface area (Å²) in [5.74, 6) is -0.659. The van der Waals surface area contributed by atoms with E-state index in [0.717, 1.165) is 12.1 Å². The summed E-state index contributed by atoms with van der Waals surface area (Å²) in [6.45, 7) is 3.02. The fraction of sp³-hybridized carbons (Fsp3) is 0.333. The maximum Gasteiger partial charge on any atom is 0.501 e. The van der Waals surface area contributed by atoms with Gasteiger partial charge >= 0.3 is 5.51 Å². The maximum atomic E-state index is 12.7. The van der Waals surface area contributed by atoms with Crippen molar-refractivity contribution in [3.05, 3.63) is 34.6 Å². The molecule has 148 valence electrons. The van der Waals surface area contributed by atoms with Gasteiger partial charge in [0.2, 0.25) is 5.91 Å². The van der Waals surface area contributed by atoms with Crippen LogP contribution in [0, 0.1) is 13.8 Å². The minimum Gasteiger partial charge on any atom is -0.495 e. The molecule has 1 N–H and O–H groups in total. The molecule has 0 radical (unpaired) electrons. The number of amides is 1. The van der Waals surface area contributed by atoms with Crippen LogP contribution >= 0.6 is 11.6 Å². The van der Waals surface area contributed by atoms with Gasteiger partial charge in [-0.1, -0.05) is 11.6 Å².